The number of nitrogens with zero attached hydrogens (tertiary/aromatic N) is 2. The summed E-state index contributed by atoms with van der Waals surface area (Å²) in [4.78, 5) is 28.8. The molecule has 1 aliphatic rings. The largest absolute Gasteiger partial charge is 0.573 e. The van der Waals surface area contributed by atoms with Crippen molar-refractivity contribution in [1.29, 1.82) is 0 Å². The van der Waals surface area contributed by atoms with Crippen LogP contribution in [-0.2, 0) is 0 Å². The van der Waals surface area contributed by atoms with Crippen LogP contribution in [0.4, 0.5) is 22.0 Å². The number of nitrogens with one attached hydrogen (secondary N) is 2. The highest BCUT2D eigenvalue weighted by Crippen LogP contribution is 2.45. The van der Waals surface area contributed by atoms with E-state index in [1.807, 2.05) is 20.8 Å². The van der Waals surface area contributed by atoms with Crippen LogP contribution in [0.25, 0.3) is 22.4 Å². The predicted molar refractivity (Wildman–Crippen MR) is 167 cm³/mol. The van der Waals surface area contributed by atoms with Crippen LogP contribution in [-0.4, -0.2) is 50.4 Å². The van der Waals surface area contributed by atoms with E-state index in [9.17, 15) is 31.5 Å². The fraction of sp³-hybridized carbons (Fsp3) is 0.281. The highest BCUT2D eigenvalue weighted by Gasteiger charge is 2.45. The number of rotatable bonds is 7. The molecule has 254 valence electrons. The van der Waals surface area contributed by atoms with E-state index in [2.05, 4.69) is 19.9 Å². The first-order valence-corrected chi connectivity index (χ1v) is 14.7. The Kier molecular flexibility index (Phi) is 9.05. The van der Waals surface area contributed by atoms with Crippen LogP contribution in [0.3, 0.4) is 0 Å². The van der Waals surface area contributed by atoms with Gasteiger partial charge in [0.05, 0.1) is 23.1 Å². The number of nitrogens with two attached hydrogens (primary N) is 1. The Hall–Kier alpha value is -4.89. The number of hydrogen-bond donors (Lipinski definition) is 3. The molecule has 1 unspecified atom stereocenters. The second kappa shape index (κ2) is 12.6. The molecule has 5 aromatic rings. The summed E-state index contributed by atoms with van der Waals surface area (Å²) in [5, 5.41) is 6.60. The second-order valence-corrected chi connectivity index (χ2v) is 12.5. The van der Waals surface area contributed by atoms with E-state index in [0.29, 0.717) is 29.1 Å². The van der Waals surface area contributed by atoms with Crippen LogP contribution >= 0.6 is 11.6 Å². The number of hydrogen-bond acceptors (Lipinski definition) is 7. The van der Waals surface area contributed by atoms with Gasteiger partial charge in [0.25, 0.3) is 11.8 Å². The van der Waals surface area contributed by atoms with E-state index in [0.717, 1.165) is 17.0 Å². The van der Waals surface area contributed by atoms with Crippen LogP contribution in [0.2, 0.25) is 5.02 Å². The number of ether oxygens (including phenoxy) is 2. The summed E-state index contributed by atoms with van der Waals surface area (Å²) in [7, 11) is 0. The third-order valence-electron chi connectivity index (χ3n) is 6.57. The number of aromatic amines is 2. The molecule has 1 aliphatic heterocycles. The molecule has 2 aromatic heterocycles. The SMILES string of the molecule is CC(C)(C)N.CC(F)(F)CN1C(=O)c2[nH]nc(-c3cccc4[nH]c(=O)oc34)c2C1c1ccc(Oc2ccc(OC(F)(F)F)c(Cl)c2)cc1. The van der Waals surface area contributed by atoms with Crippen molar-refractivity contribution >= 4 is 28.6 Å². The molecule has 0 saturated carbocycles. The predicted octanol–water partition coefficient (Wildman–Crippen LogP) is 7.80. The number of aromatic nitrogens is 3. The molecule has 0 fully saturated rings. The molecule has 3 aromatic carbocycles. The number of fused-ring (bicyclic) bond motifs is 2. The fourth-order valence-corrected chi connectivity index (χ4v) is 5.19. The normalized spacial score (nSPS) is 14.9. The first-order chi connectivity index (χ1) is 22.3. The van der Waals surface area contributed by atoms with Crippen molar-refractivity contribution in [1.82, 2.24) is 20.1 Å². The lowest BCUT2D eigenvalue weighted by Gasteiger charge is -2.28. The quantitative estimate of drug-likeness (QED) is 0.148. The van der Waals surface area contributed by atoms with Gasteiger partial charge >= 0.3 is 12.1 Å². The van der Waals surface area contributed by atoms with E-state index < -0.39 is 42.3 Å². The van der Waals surface area contributed by atoms with Crippen LogP contribution in [0.1, 0.15) is 55.4 Å². The Bertz CT molecular complexity index is 2000. The molecule has 0 saturated heterocycles. The monoisotopic (exact) mass is 693 g/mol. The Morgan fingerprint density at radius 1 is 0.979 bits per heavy atom. The molecular formula is C32H29ClF5N5O5. The molecule has 4 N–H and O–H groups in total. The Morgan fingerprint density at radius 2 is 1.62 bits per heavy atom. The summed E-state index contributed by atoms with van der Waals surface area (Å²) < 4.78 is 81.0. The van der Waals surface area contributed by atoms with Crippen LogP contribution in [0, 0.1) is 0 Å². The number of benzene rings is 3. The number of halogens is 6. The van der Waals surface area contributed by atoms with Crippen LogP contribution < -0.4 is 21.0 Å². The number of carbonyl (C=O) groups excluding carboxylic acids is 1. The molecule has 0 aliphatic carbocycles. The Labute approximate surface area is 274 Å². The zero-order chi connectivity index (χ0) is 35.2. The Balaban J connectivity index is 0.000000840. The molecular weight excluding hydrogens is 665 g/mol. The minimum atomic E-state index is -4.92. The molecule has 0 spiro atoms. The topological polar surface area (TPSA) is 139 Å². The zero-order valence-electron chi connectivity index (χ0n) is 25.8. The van der Waals surface area contributed by atoms with Gasteiger partial charge in [-0.25, -0.2) is 13.6 Å². The van der Waals surface area contributed by atoms with Crippen LogP contribution in [0.5, 0.6) is 17.2 Å². The summed E-state index contributed by atoms with van der Waals surface area (Å²) in [6.07, 6.45) is -4.92. The van der Waals surface area contributed by atoms with Crippen molar-refractivity contribution in [3.8, 4) is 28.5 Å². The van der Waals surface area contributed by atoms with E-state index >= 15 is 0 Å². The molecule has 1 atom stereocenters. The van der Waals surface area contributed by atoms with Gasteiger partial charge < -0.3 is 24.5 Å². The van der Waals surface area contributed by atoms with Gasteiger partial charge in [-0.2, -0.15) is 5.10 Å². The van der Waals surface area contributed by atoms with E-state index in [1.165, 1.54) is 18.2 Å². The maximum atomic E-state index is 14.3. The minimum Gasteiger partial charge on any atom is -0.457 e. The van der Waals surface area contributed by atoms with Gasteiger partial charge in [0, 0.05) is 29.7 Å². The minimum absolute atomic E-state index is 0. The first kappa shape index (κ1) is 34.4. The van der Waals surface area contributed by atoms with Gasteiger partial charge in [-0.3, -0.25) is 14.9 Å². The third-order valence-corrected chi connectivity index (χ3v) is 6.87. The van der Waals surface area contributed by atoms with Gasteiger partial charge in [-0.1, -0.05) is 29.8 Å². The standard InChI is InChI=1S/C28H18ClF5N4O5.C4H11N/c1-27(30,31)12-38-23(13-5-7-14(8-6-13)41-15-9-10-19(17(29)11-15)43-28(32,33)34)20-21(36-37-22(20)25(38)39)16-3-2-4-18-24(16)42-26(40)35-18;1-4(2,3)5/h2-11,23H,12H2,1H3,(H,35,40)(H,36,37);5H2,1-3H3. The van der Waals surface area contributed by atoms with Gasteiger partial charge in [-0.15, -0.1) is 13.2 Å². The van der Waals surface area contributed by atoms with Gasteiger partial charge in [0.2, 0.25) is 0 Å². The van der Waals surface area contributed by atoms with Gasteiger partial charge in [0.1, 0.15) is 28.6 Å². The van der Waals surface area contributed by atoms with Crippen molar-refractivity contribution < 1.29 is 40.6 Å². The van der Waals surface area contributed by atoms with E-state index in [4.69, 9.17) is 26.5 Å². The summed E-state index contributed by atoms with van der Waals surface area (Å²) in [6, 6.07) is 13.4. The highest BCUT2D eigenvalue weighted by atomic mass is 35.5. The lowest BCUT2D eigenvalue weighted by atomic mass is 9.95. The maximum absolute atomic E-state index is 14.3. The highest BCUT2D eigenvalue weighted by molar-refractivity contribution is 6.32. The number of para-hydroxylation sites is 1. The van der Waals surface area contributed by atoms with Crippen molar-refractivity contribution in [3.05, 3.63) is 93.1 Å². The molecule has 16 heteroatoms. The number of amides is 1. The van der Waals surface area contributed by atoms with Crippen molar-refractivity contribution in [2.45, 2.75) is 51.6 Å². The summed E-state index contributed by atoms with van der Waals surface area (Å²) >= 11 is 5.90. The van der Waals surface area contributed by atoms with Crippen LogP contribution in [0.15, 0.2) is 69.9 Å². The lowest BCUT2D eigenvalue weighted by Crippen LogP contribution is -2.38. The molecule has 6 rings (SSSR count). The van der Waals surface area contributed by atoms with E-state index in [-0.39, 0.29) is 39.0 Å². The number of oxazole rings is 1. The molecule has 10 nitrogen and oxygen atoms in total. The molecule has 3 heterocycles. The Morgan fingerprint density at radius 3 is 2.23 bits per heavy atom. The average Bonchev–Trinajstić information content (AvgIpc) is 3.62. The fourth-order valence-electron chi connectivity index (χ4n) is 4.98. The third kappa shape index (κ3) is 7.97. The van der Waals surface area contributed by atoms with Gasteiger partial charge in [0.15, 0.2) is 5.58 Å². The summed E-state index contributed by atoms with van der Waals surface area (Å²) in [5.41, 5.74) is 7.28. The zero-order valence-corrected chi connectivity index (χ0v) is 26.6. The first-order valence-electron chi connectivity index (χ1n) is 14.3. The van der Waals surface area contributed by atoms with Crippen molar-refractivity contribution in [3.63, 3.8) is 0 Å². The van der Waals surface area contributed by atoms with Crippen molar-refractivity contribution in [2.24, 2.45) is 5.73 Å². The molecule has 1 amide bonds. The maximum Gasteiger partial charge on any atom is 0.573 e. The number of alkyl halides is 5. The lowest BCUT2D eigenvalue weighted by molar-refractivity contribution is -0.274. The molecule has 0 bridgehead atoms. The number of H-pyrrole nitrogens is 2. The summed E-state index contributed by atoms with van der Waals surface area (Å²) in [6.45, 7) is 5.70. The smallest absolute Gasteiger partial charge is 0.457 e. The van der Waals surface area contributed by atoms with E-state index in [1.54, 1.807) is 30.3 Å². The van der Waals surface area contributed by atoms with Crippen molar-refractivity contribution in [2.75, 3.05) is 6.54 Å². The second-order valence-electron chi connectivity index (χ2n) is 12.1. The summed E-state index contributed by atoms with van der Waals surface area (Å²) in [5.74, 6) is -4.88. The molecule has 48 heavy (non-hydrogen) atoms. The molecule has 0 radical (unpaired) electrons. The average molecular weight is 694 g/mol. The number of carbonyl (C=O) groups is 1. The van der Waals surface area contributed by atoms with Gasteiger partial charge in [-0.05, 0) is 62.7 Å².